The fourth-order valence-corrected chi connectivity index (χ4v) is 1.85. The van der Waals surface area contributed by atoms with Crippen LogP contribution in [0.25, 0.3) is 0 Å². The highest BCUT2D eigenvalue weighted by Crippen LogP contribution is 2.23. The van der Waals surface area contributed by atoms with Crippen molar-refractivity contribution in [2.45, 2.75) is 13.0 Å². The van der Waals surface area contributed by atoms with Crippen LogP contribution in [0.2, 0.25) is 0 Å². The number of carbonyl (C=O) groups excluding carboxylic acids is 1. The Balaban J connectivity index is 2.25. The molecule has 0 fully saturated rings. The molecule has 0 saturated carbocycles. The molecular formula is C13H15FN4O. The van der Waals surface area contributed by atoms with Crippen LogP contribution in [0.15, 0.2) is 30.5 Å². The summed E-state index contributed by atoms with van der Waals surface area (Å²) in [5.74, 6) is -0.436. The predicted octanol–water partition coefficient (Wildman–Crippen LogP) is 1.96. The van der Waals surface area contributed by atoms with Crippen LogP contribution >= 0.6 is 0 Å². The lowest BCUT2D eigenvalue weighted by Gasteiger charge is -2.25. The van der Waals surface area contributed by atoms with Crippen molar-refractivity contribution in [2.75, 3.05) is 12.8 Å². The molecule has 5 nitrogen and oxygen atoms in total. The van der Waals surface area contributed by atoms with Crippen LogP contribution in [0.3, 0.4) is 0 Å². The Hall–Kier alpha value is -2.37. The van der Waals surface area contributed by atoms with Crippen LogP contribution in [0.4, 0.5) is 10.2 Å². The molecule has 2 rings (SSSR count). The van der Waals surface area contributed by atoms with Crippen LogP contribution in [0.5, 0.6) is 0 Å². The molecule has 2 aromatic rings. The van der Waals surface area contributed by atoms with E-state index < -0.39 is 6.04 Å². The molecule has 0 aliphatic carbocycles. The SMILES string of the molecule is CC(c1ccccc1F)N(C)C(=O)c1cn[nH]c1N. The average molecular weight is 262 g/mol. The minimum atomic E-state index is -0.400. The van der Waals surface area contributed by atoms with Crippen LogP contribution in [-0.4, -0.2) is 28.1 Å². The Morgan fingerprint density at radius 2 is 2.16 bits per heavy atom. The van der Waals surface area contributed by atoms with Crippen LogP contribution < -0.4 is 5.73 Å². The number of anilines is 1. The van der Waals surface area contributed by atoms with E-state index in [4.69, 9.17) is 5.73 Å². The highest BCUT2D eigenvalue weighted by Gasteiger charge is 2.23. The van der Waals surface area contributed by atoms with Gasteiger partial charge in [-0.05, 0) is 13.0 Å². The second-order valence-electron chi connectivity index (χ2n) is 4.31. The summed E-state index contributed by atoms with van der Waals surface area (Å²) in [6, 6.07) is 5.97. The van der Waals surface area contributed by atoms with Gasteiger partial charge in [0.2, 0.25) is 0 Å². The number of nitrogen functional groups attached to an aromatic ring is 1. The van der Waals surface area contributed by atoms with Gasteiger partial charge in [-0.15, -0.1) is 0 Å². The highest BCUT2D eigenvalue weighted by molar-refractivity contribution is 5.98. The third-order valence-corrected chi connectivity index (χ3v) is 3.16. The molecule has 0 saturated heterocycles. The first-order chi connectivity index (χ1) is 9.02. The van der Waals surface area contributed by atoms with Crippen molar-refractivity contribution < 1.29 is 9.18 Å². The summed E-state index contributed by atoms with van der Waals surface area (Å²) in [6.45, 7) is 1.76. The molecule has 3 N–H and O–H groups in total. The number of aromatic amines is 1. The van der Waals surface area contributed by atoms with E-state index in [-0.39, 0.29) is 23.1 Å². The third-order valence-electron chi connectivity index (χ3n) is 3.16. The van der Waals surface area contributed by atoms with Crippen LogP contribution in [0, 0.1) is 5.82 Å². The van der Waals surface area contributed by atoms with E-state index in [1.165, 1.54) is 17.2 Å². The molecule has 6 heteroatoms. The quantitative estimate of drug-likeness (QED) is 0.888. The van der Waals surface area contributed by atoms with E-state index >= 15 is 0 Å². The van der Waals surface area contributed by atoms with Gasteiger partial charge in [-0.2, -0.15) is 5.10 Å². The molecule has 1 atom stereocenters. The van der Waals surface area contributed by atoms with E-state index in [9.17, 15) is 9.18 Å². The van der Waals surface area contributed by atoms with Crippen LogP contribution in [0.1, 0.15) is 28.9 Å². The number of amides is 1. The maximum atomic E-state index is 13.7. The van der Waals surface area contributed by atoms with Gasteiger partial charge >= 0.3 is 0 Å². The summed E-state index contributed by atoms with van der Waals surface area (Å²) in [5, 5.41) is 6.20. The van der Waals surface area contributed by atoms with E-state index in [1.54, 1.807) is 32.2 Å². The Labute approximate surface area is 110 Å². The third kappa shape index (κ3) is 2.42. The number of hydrogen-bond donors (Lipinski definition) is 2. The van der Waals surface area contributed by atoms with E-state index in [1.807, 2.05) is 0 Å². The fourth-order valence-electron chi connectivity index (χ4n) is 1.85. The van der Waals surface area contributed by atoms with Gasteiger partial charge in [-0.1, -0.05) is 18.2 Å². The van der Waals surface area contributed by atoms with E-state index in [2.05, 4.69) is 10.2 Å². The molecule has 1 heterocycles. The predicted molar refractivity (Wildman–Crippen MR) is 69.9 cm³/mol. The Morgan fingerprint density at radius 1 is 1.47 bits per heavy atom. The summed E-state index contributed by atoms with van der Waals surface area (Å²) < 4.78 is 13.7. The first-order valence-corrected chi connectivity index (χ1v) is 5.82. The first kappa shape index (κ1) is 13.1. The van der Waals surface area contributed by atoms with Gasteiger partial charge < -0.3 is 10.6 Å². The first-order valence-electron chi connectivity index (χ1n) is 5.82. The second kappa shape index (κ2) is 5.09. The van der Waals surface area contributed by atoms with Crippen molar-refractivity contribution in [3.05, 3.63) is 47.4 Å². The molecule has 0 spiro atoms. The Kier molecular flexibility index (Phi) is 3.50. The molecule has 1 aromatic heterocycles. The van der Waals surface area contributed by atoms with Gasteiger partial charge in [0.1, 0.15) is 17.2 Å². The maximum Gasteiger partial charge on any atom is 0.259 e. The number of halogens is 1. The lowest BCUT2D eigenvalue weighted by molar-refractivity contribution is 0.0741. The summed E-state index contributed by atoms with van der Waals surface area (Å²) in [6.07, 6.45) is 1.36. The van der Waals surface area contributed by atoms with Crippen molar-refractivity contribution in [3.8, 4) is 0 Å². The number of aromatic nitrogens is 2. The number of rotatable bonds is 3. The zero-order chi connectivity index (χ0) is 14.0. The molecular weight excluding hydrogens is 247 g/mol. The fraction of sp³-hybridized carbons (Fsp3) is 0.231. The van der Waals surface area contributed by atoms with Gasteiger partial charge in [-0.3, -0.25) is 9.89 Å². The van der Waals surface area contributed by atoms with Crippen molar-refractivity contribution in [1.29, 1.82) is 0 Å². The highest BCUT2D eigenvalue weighted by atomic mass is 19.1. The van der Waals surface area contributed by atoms with Crippen LogP contribution in [-0.2, 0) is 0 Å². The average Bonchev–Trinajstić information content (AvgIpc) is 2.83. The van der Waals surface area contributed by atoms with Crippen molar-refractivity contribution >= 4 is 11.7 Å². The number of nitrogens with two attached hydrogens (primary N) is 1. The number of H-pyrrole nitrogens is 1. The standard InChI is InChI=1S/C13H15FN4O/c1-8(9-5-3-4-6-11(9)14)18(2)13(19)10-7-16-17-12(10)15/h3-8H,1-2H3,(H3,15,16,17). The Bertz CT molecular complexity index is 596. The number of carbonyl (C=O) groups is 1. The maximum absolute atomic E-state index is 13.7. The van der Waals surface area contributed by atoms with Gasteiger partial charge in [0, 0.05) is 12.6 Å². The van der Waals surface area contributed by atoms with Gasteiger partial charge in [0.25, 0.3) is 5.91 Å². The van der Waals surface area contributed by atoms with E-state index in [0.717, 1.165) is 0 Å². The number of nitrogens with one attached hydrogen (secondary N) is 1. The largest absolute Gasteiger partial charge is 0.383 e. The zero-order valence-electron chi connectivity index (χ0n) is 10.7. The van der Waals surface area contributed by atoms with E-state index in [0.29, 0.717) is 5.56 Å². The smallest absolute Gasteiger partial charge is 0.259 e. The zero-order valence-corrected chi connectivity index (χ0v) is 10.7. The number of hydrogen-bond acceptors (Lipinski definition) is 3. The molecule has 0 aliphatic heterocycles. The van der Waals surface area contributed by atoms with Crippen molar-refractivity contribution in [1.82, 2.24) is 15.1 Å². The molecule has 0 radical (unpaired) electrons. The summed E-state index contributed by atoms with van der Waals surface area (Å²) in [7, 11) is 1.60. The summed E-state index contributed by atoms with van der Waals surface area (Å²) in [4.78, 5) is 13.6. The minimum absolute atomic E-state index is 0.206. The molecule has 1 aromatic carbocycles. The minimum Gasteiger partial charge on any atom is -0.383 e. The topological polar surface area (TPSA) is 75.0 Å². The van der Waals surface area contributed by atoms with Gasteiger partial charge in [0.15, 0.2) is 0 Å². The summed E-state index contributed by atoms with van der Waals surface area (Å²) in [5.41, 5.74) is 6.35. The lowest BCUT2D eigenvalue weighted by atomic mass is 10.1. The summed E-state index contributed by atoms with van der Waals surface area (Å²) >= 11 is 0. The van der Waals surface area contributed by atoms with Gasteiger partial charge in [0.05, 0.1) is 12.2 Å². The molecule has 0 bridgehead atoms. The molecule has 19 heavy (non-hydrogen) atoms. The second-order valence-corrected chi connectivity index (χ2v) is 4.31. The van der Waals surface area contributed by atoms with Gasteiger partial charge in [-0.25, -0.2) is 4.39 Å². The number of benzene rings is 1. The normalized spacial score (nSPS) is 12.2. The molecule has 1 unspecified atom stereocenters. The lowest BCUT2D eigenvalue weighted by Crippen LogP contribution is -2.30. The monoisotopic (exact) mass is 262 g/mol. The number of nitrogens with zero attached hydrogens (tertiary/aromatic N) is 2. The molecule has 0 aliphatic rings. The molecule has 100 valence electrons. The van der Waals surface area contributed by atoms with Crippen molar-refractivity contribution in [3.63, 3.8) is 0 Å². The molecule has 1 amide bonds. The Morgan fingerprint density at radius 3 is 2.74 bits per heavy atom. The van der Waals surface area contributed by atoms with Crippen molar-refractivity contribution in [2.24, 2.45) is 0 Å².